The van der Waals surface area contributed by atoms with Crippen molar-refractivity contribution in [3.8, 4) is 0 Å². The highest BCUT2D eigenvalue weighted by Gasteiger charge is 2.30. The van der Waals surface area contributed by atoms with E-state index < -0.39 is 20.6 Å². The highest BCUT2D eigenvalue weighted by atomic mass is 32.2. The van der Waals surface area contributed by atoms with Gasteiger partial charge in [-0.15, -0.1) is 0 Å². The number of nitrogens with zero attached hydrogens (tertiary/aromatic N) is 1. The third kappa shape index (κ3) is 4.70. The van der Waals surface area contributed by atoms with Gasteiger partial charge in [-0.25, -0.2) is 18.2 Å². The zero-order valence-electron chi connectivity index (χ0n) is 12.8. The Labute approximate surface area is 125 Å². The largest absolute Gasteiger partial charge is 0.478 e. The zero-order chi connectivity index (χ0) is 16.3. The molecule has 1 aromatic heterocycles. The Morgan fingerprint density at radius 1 is 1.38 bits per heavy atom. The summed E-state index contributed by atoms with van der Waals surface area (Å²) in [7, 11) is -3.23. The van der Waals surface area contributed by atoms with Crippen LogP contribution in [0.1, 0.15) is 43.2 Å². The quantitative estimate of drug-likeness (QED) is 0.798. The lowest BCUT2D eigenvalue weighted by molar-refractivity contribution is 0.0696. The number of sulfone groups is 1. The van der Waals surface area contributed by atoms with Crippen LogP contribution in [0.5, 0.6) is 0 Å². The predicted octanol–water partition coefficient (Wildman–Crippen LogP) is 1.97. The summed E-state index contributed by atoms with van der Waals surface area (Å²) in [4.78, 5) is 15.4. The molecule has 0 fully saturated rings. The molecule has 0 aliphatic carbocycles. The number of carboxylic acids is 1. The second-order valence-electron chi connectivity index (χ2n) is 5.67. The van der Waals surface area contributed by atoms with Gasteiger partial charge in [0.15, 0.2) is 9.84 Å². The van der Waals surface area contributed by atoms with Crippen LogP contribution in [-0.2, 0) is 16.3 Å². The van der Waals surface area contributed by atoms with Crippen molar-refractivity contribution in [2.24, 2.45) is 0 Å². The summed E-state index contributed by atoms with van der Waals surface area (Å²) >= 11 is 0. The Hall–Kier alpha value is -1.63. The molecular formula is C14H22N2O4S. The number of carboxylic acid groups (broad SMARTS) is 1. The van der Waals surface area contributed by atoms with Gasteiger partial charge in [0, 0.05) is 18.5 Å². The van der Waals surface area contributed by atoms with E-state index >= 15 is 0 Å². The maximum absolute atomic E-state index is 11.7. The molecule has 0 aliphatic rings. The van der Waals surface area contributed by atoms with Gasteiger partial charge >= 0.3 is 5.97 Å². The average molecular weight is 314 g/mol. The molecule has 0 aliphatic heterocycles. The molecule has 0 spiro atoms. The van der Waals surface area contributed by atoms with Crippen LogP contribution in [0.3, 0.4) is 0 Å². The third-order valence-electron chi connectivity index (χ3n) is 3.33. The van der Waals surface area contributed by atoms with Gasteiger partial charge in [0.2, 0.25) is 0 Å². The zero-order valence-corrected chi connectivity index (χ0v) is 13.6. The van der Waals surface area contributed by atoms with Gasteiger partial charge < -0.3 is 10.4 Å². The molecule has 1 heterocycles. The third-order valence-corrected chi connectivity index (χ3v) is 5.48. The summed E-state index contributed by atoms with van der Waals surface area (Å²) in [6, 6.07) is 2.96. The van der Waals surface area contributed by atoms with Crippen molar-refractivity contribution in [2.45, 2.75) is 38.4 Å². The maximum atomic E-state index is 11.7. The van der Waals surface area contributed by atoms with Crippen LogP contribution in [0.25, 0.3) is 0 Å². The Bertz CT molecular complexity index is 624. The predicted molar refractivity (Wildman–Crippen MR) is 82.6 cm³/mol. The fourth-order valence-electron chi connectivity index (χ4n) is 1.62. The van der Waals surface area contributed by atoms with Crippen molar-refractivity contribution < 1.29 is 18.3 Å². The first-order chi connectivity index (χ1) is 9.56. The van der Waals surface area contributed by atoms with Gasteiger partial charge in [0.25, 0.3) is 0 Å². The lowest BCUT2D eigenvalue weighted by Crippen LogP contribution is -2.38. The molecule has 1 rings (SSSR count). The Morgan fingerprint density at radius 3 is 2.48 bits per heavy atom. The number of nitrogens with one attached hydrogen (secondary N) is 1. The minimum absolute atomic E-state index is 0.146. The standard InChI is InChI=1S/C14H22N2O4S/c1-5-6-11-7-10(13(17)18)8-12(16-11)15-9-14(2,3)21(4,19)20/h7-8H,5-6,9H2,1-4H3,(H,15,16)(H,17,18). The summed E-state index contributed by atoms with van der Waals surface area (Å²) in [5.74, 6) is -0.643. The molecule has 0 atom stereocenters. The van der Waals surface area contributed by atoms with Crippen LogP contribution in [-0.4, -0.2) is 42.0 Å². The van der Waals surface area contributed by atoms with Gasteiger partial charge in [-0.05, 0) is 32.4 Å². The molecule has 6 nitrogen and oxygen atoms in total. The number of aryl methyl sites for hydroxylation is 1. The lowest BCUT2D eigenvalue weighted by atomic mass is 10.1. The van der Waals surface area contributed by atoms with Crippen molar-refractivity contribution in [3.05, 3.63) is 23.4 Å². The molecular weight excluding hydrogens is 292 g/mol. The van der Waals surface area contributed by atoms with Crippen molar-refractivity contribution in [1.82, 2.24) is 4.98 Å². The first kappa shape index (κ1) is 17.4. The monoisotopic (exact) mass is 314 g/mol. The number of carbonyl (C=O) groups is 1. The second-order valence-corrected chi connectivity index (χ2v) is 8.32. The molecule has 0 bridgehead atoms. The van der Waals surface area contributed by atoms with Crippen molar-refractivity contribution >= 4 is 21.6 Å². The minimum Gasteiger partial charge on any atom is -0.478 e. The number of aromatic carboxylic acids is 1. The van der Waals surface area contributed by atoms with E-state index in [0.29, 0.717) is 17.9 Å². The Balaban J connectivity index is 3.00. The fourth-order valence-corrected chi connectivity index (χ4v) is 1.95. The van der Waals surface area contributed by atoms with Crippen LogP contribution in [0.4, 0.5) is 5.82 Å². The SMILES string of the molecule is CCCc1cc(C(=O)O)cc(NCC(C)(C)S(C)(=O)=O)n1. The van der Waals surface area contributed by atoms with Gasteiger partial charge in [-0.3, -0.25) is 0 Å². The highest BCUT2D eigenvalue weighted by Crippen LogP contribution is 2.18. The smallest absolute Gasteiger partial charge is 0.335 e. The lowest BCUT2D eigenvalue weighted by Gasteiger charge is -2.23. The van der Waals surface area contributed by atoms with E-state index in [1.54, 1.807) is 19.9 Å². The number of aromatic nitrogens is 1. The Morgan fingerprint density at radius 2 is 2.00 bits per heavy atom. The topological polar surface area (TPSA) is 96.4 Å². The molecule has 0 saturated heterocycles. The van der Waals surface area contributed by atoms with E-state index in [1.807, 2.05) is 6.92 Å². The summed E-state index contributed by atoms with van der Waals surface area (Å²) in [5.41, 5.74) is 0.824. The number of hydrogen-bond donors (Lipinski definition) is 2. The summed E-state index contributed by atoms with van der Waals surface area (Å²) in [6.07, 6.45) is 2.70. The van der Waals surface area contributed by atoms with Crippen molar-refractivity contribution in [3.63, 3.8) is 0 Å². The van der Waals surface area contributed by atoms with Crippen LogP contribution in [0, 0.1) is 0 Å². The van der Waals surface area contributed by atoms with Crippen LogP contribution in [0.15, 0.2) is 12.1 Å². The summed E-state index contributed by atoms with van der Waals surface area (Å²) in [5, 5.41) is 12.0. The van der Waals surface area contributed by atoms with E-state index in [0.717, 1.165) is 6.42 Å². The van der Waals surface area contributed by atoms with Gasteiger partial charge in [0.1, 0.15) is 5.82 Å². The van der Waals surface area contributed by atoms with Crippen LogP contribution < -0.4 is 5.32 Å². The first-order valence-corrected chi connectivity index (χ1v) is 8.63. The van der Waals surface area contributed by atoms with E-state index in [9.17, 15) is 13.2 Å². The molecule has 118 valence electrons. The van der Waals surface area contributed by atoms with Gasteiger partial charge in [-0.1, -0.05) is 13.3 Å². The molecule has 21 heavy (non-hydrogen) atoms. The van der Waals surface area contributed by atoms with E-state index in [-0.39, 0.29) is 12.1 Å². The molecule has 7 heteroatoms. The molecule has 0 aromatic carbocycles. The molecule has 0 radical (unpaired) electrons. The highest BCUT2D eigenvalue weighted by molar-refractivity contribution is 7.92. The molecule has 1 aromatic rings. The molecule has 0 saturated carbocycles. The molecule has 0 unspecified atom stereocenters. The number of hydrogen-bond acceptors (Lipinski definition) is 5. The maximum Gasteiger partial charge on any atom is 0.335 e. The number of anilines is 1. The molecule has 2 N–H and O–H groups in total. The van der Waals surface area contributed by atoms with E-state index in [4.69, 9.17) is 5.11 Å². The summed E-state index contributed by atoms with van der Waals surface area (Å²) in [6.45, 7) is 5.37. The summed E-state index contributed by atoms with van der Waals surface area (Å²) < 4.78 is 22.4. The van der Waals surface area contributed by atoms with Crippen molar-refractivity contribution in [2.75, 3.05) is 18.1 Å². The van der Waals surface area contributed by atoms with E-state index in [2.05, 4.69) is 10.3 Å². The average Bonchev–Trinajstić information content (AvgIpc) is 2.35. The van der Waals surface area contributed by atoms with E-state index in [1.165, 1.54) is 12.3 Å². The normalized spacial score (nSPS) is 12.2. The fraction of sp³-hybridized carbons (Fsp3) is 0.571. The molecule has 0 amide bonds. The van der Waals surface area contributed by atoms with Gasteiger partial charge in [-0.2, -0.15) is 0 Å². The minimum atomic E-state index is -3.23. The van der Waals surface area contributed by atoms with Crippen molar-refractivity contribution in [1.29, 1.82) is 0 Å². The Kier molecular flexibility index (Phi) is 5.33. The number of pyridine rings is 1. The first-order valence-electron chi connectivity index (χ1n) is 6.74. The van der Waals surface area contributed by atoms with Crippen LogP contribution >= 0.6 is 0 Å². The second kappa shape index (κ2) is 6.43. The van der Waals surface area contributed by atoms with Gasteiger partial charge in [0.05, 0.1) is 10.3 Å². The number of rotatable bonds is 7. The van der Waals surface area contributed by atoms with Crippen LogP contribution in [0.2, 0.25) is 0 Å².